The van der Waals surface area contributed by atoms with Gasteiger partial charge in [0.25, 0.3) is 0 Å². The molecule has 2 N–H and O–H groups in total. The van der Waals surface area contributed by atoms with Crippen LogP contribution >= 0.6 is 0 Å². The highest BCUT2D eigenvalue weighted by Gasteiger charge is 2.23. The lowest BCUT2D eigenvalue weighted by Gasteiger charge is -2.32. The van der Waals surface area contributed by atoms with Crippen molar-refractivity contribution in [2.24, 2.45) is 5.92 Å². The number of nitrogens with zero attached hydrogens (tertiary/aromatic N) is 2. The molecule has 7 nitrogen and oxygen atoms in total. The molecular weight excluding hydrogens is 432 g/mol. The van der Waals surface area contributed by atoms with E-state index in [4.69, 9.17) is 24.5 Å². The van der Waals surface area contributed by atoms with E-state index in [-0.39, 0.29) is 0 Å². The van der Waals surface area contributed by atoms with E-state index in [9.17, 15) is 0 Å². The molecule has 0 unspecified atom stereocenters. The second-order valence-corrected chi connectivity index (χ2v) is 8.86. The number of aliphatic carboxylic acids is 2. The second kappa shape index (κ2) is 14.1. The van der Waals surface area contributed by atoms with Gasteiger partial charge in [-0.1, -0.05) is 57.2 Å². The summed E-state index contributed by atoms with van der Waals surface area (Å²) in [7, 11) is 0. The first-order valence-corrected chi connectivity index (χ1v) is 12.1. The maximum absolute atomic E-state index is 9.10. The normalized spacial score (nSPS) is 12.8. The number of carbonyl (C=O) groups is 2. The first-order valence-electron chi connectivity index (χ1n) is 12.1. The molecule has 1 heterocycles. The van der Waals surface area contributed by atoms with Crippen LogP contribution in [0.4, 0.5) is 11.4 Å². The Morgan fingerprint density at radius 2 is 1.62 bits per heavy atom. The monoisotopic (exact) mass is 470 g/mol. The molecule has 0 radical (unpaired) electrons. The highest BCUT2D eigenvalue weighted by molar-refractivity contribution is 6.27. The highest BCUT2D eigenvalue weighted by Crippen LogP contribution is 2.40. The van der Waals surface area contributed by atoms with Gasteiger partial charge in [-0.05, 0) is 49.3 Å². The van der Waals surface area contributed by atoms with Crippen LogP contribution in [0.3, 0.4) is 0 Å². The van der Waals surface area contributed by atoms with Gasteiger partial charge in [0, 0.05) is 26.2 Å². The Bertz CT molecular complexity index is 883. The van der Waals surface area contributed by atoms with E-state index in [1.165, 1.54) is 29.8 Å². The van der Waals surface area contributed by atoms with Crippen LogP contribution in [0.5, 0.6) is 5.75 Å². The van der Waals surface area contributed by atoms with E-state index in [1.807, 2.05) is 0 Å². The summed E-state index contributed by atoms with van der Waals surface area (Å²) in [5.74, 6) is -2.07. The maximum Gasteiger partial charge on any atom is 0.414 e. The molecular formula is C27H38N2O5. The van der Waals surface area contributed by atoms with E-state index in [2.05, 4.69) is 79.1 Å². The summed E-state index contributed by atoms with van der Waals surface area (Å²) in [5.41, 5.74) is 4.04. The van der Waals surface area contributed by atoms with Crippen LogP contribution < -0.4 is 14.5 Å². The van der Waals surface area contributed by atoms with Gasteiger partial charge in [0.15, 0.2) is 0 Å². The fourth-order valence-corrected chi connectivity index (χ4v) is 3.93. The molecule has 2 aromatic rings. The van der Waals surface area contributed by atoms with Gasteiger partial charge in [-0.25, -0.2) is 9.59 Å². The number of ether oxygens (including phenoxy) is 1. The first-order chi connectivity index (χ1) is 16.3. The van der Waals surface area contributed by atoms with Crippen molar-refractivity contribution in [3.8, 4) is 5.75 Å². The van der Waals surface area contributed by atoms with E-state index >= 15 is 0 Å². The zero-order valence-corrected chi connectivity index (χ0v) is 20.6. The van der Waals surface area contributed by atoms with E-state index in [0.717, 1.165) is 51.4 Å². The molecule has 1 aliphatic rings. The molecule has 1 fully saturated rings. The molecule has 34 heavy (non-hydrogen) atoms. The maximum atomic E-state index is 9.10. The van der Waals surface area contributed by atoms with E-state index < -0.39 is 11.9 Å². The van der Waals surface area contributed by atoms with Crippen LogP contribution in [0, 0.1) is 5.92 Å². The van der Waals surface area contributed by atoms with Crippen molar-refractivity contribution < 1.29 is 24.5 Å². The largest absolute Gasteiger partial charge is 0.491 e. The smallest absolute Gasteiger partial charge is 0.414 e. The summed E-state index contributed by atoms with van der Waals surface area (Å²) in [6.07, 6.45) is 4.76. The second-order valence-electron chi connectivity index (χ2n) is 8.86. The van der Waals surface area contributed by atoms with Gasteiger partial charge in [-0.2, -0.15) is 0 Å². The third kappa shape index (κ3) is 8.61. The van der Waals surface area contributed by atoms with Crippen molar-refractivity contribution >= 4 is 23.3 Å². The Morgan fingerprint density at radius 3 is 2.18 bits per heavy atom. The number of hydrogen-bond donors (Lipinski definition) is 2. The predicted octanol–water partition coefficient (Wildman–Crippen LogP) is 4.94. The molecule has 1 aliphatic heterocycles. The topological polar surface area (TPSA) is 90.3 Å². The van der Waals surface area contributed by atoms with Crippen molar-refractivity contribution in [1.82, 2.24) is 0 Å². The Hall–Kier alpha value is -3.22. The highest BCUT2D eigenvalue weighted by atomic mass is 16.5. The van der Waals surface area contributed by atoms with Crippen molar-refractivity contribution in [1.29, 1.82) is 0 Å². The van der Waals surface area contributed by atoms with Gasteiger partial charge in [-0.3, -0.25) is 0 Å². The minimum Gasteiger partial charge on any atom is -0.491 e. The number of hydrogen-bond acceptors (Lipinski definition) is 5. The summed E-state index contributed by atoms with van der Waals surface area (Å²) in [6, 6.07) is 17.4. The third-order valence-corrected chi connectivity index (χ3v) is 5.50. The Balaban J connectivity index is 0.000000604. The van der Waals surface area contributed by atoms with Crippen LogP contribution in [0.25, 0.3) is 0 Å². The molecule has 186 valence electrons. The Kier molecular flexibility index (Phi) is 11.2. The van der Waals surface area contributed by atoms with Crippen LogP contribution in [0.15, 0.2) is 48.5 Å². The molecule has 0 aliphatic carbocycles. The SMILES string of the molecule is CCCN(CCc1ccccc1)c1cccc(OCC(C)C)c1N1CCCC1.O=C(O)C(=O)O. The molecule has 0 amide bonds. The minimum atomic E-state index is -1.82. The quantitative estimate of drug-likeness (QED) is 0.476. The number of carboxylic acid groups (broad SMARTS) is 2. The number of benzene rings is 2. The lowest BCUT2D eigenvalue weighted by molar-refractivity contribution is -0.159. The van der Waals surface area contributed by atoms with Gasteiger partial charge in [0.1, 0.15) is 11.4 Å². The summed E-state index contributed by atoms with van der Waals surface area (Å²) in [4.78, 5) is 23.3. The zero-order chi connectivity index (χ0) is 24.9. The van der Waals surface area contributed by atoms with E-state index in [0.29, 0.717) is 5.92 Å². The van der Waals surface area contributed by atoms with E-state index in [1.54, 1.807) is 0 Å². The standard InChI is InChI=1S/C25H36N2O.C2H2O4/c1-4-16-26(19-15-22-11-6-5-7-12-22)23-13-10-14-24(28-20-21(2)3)25(23)27-17-8-9-18-27;3-1(4)2(5)6/h5-7,10-14,21H,4,8-9,15-20H2,1-3H3;(H,3,4)(H,5,6). The summed E-state index contributed by atoms with van der Waals surface area (Å²) in [5, 5.41) is 14.8. The van der Waals surface area contributed by atoms with Crippen molar-refractivity contribution in [3.63, 3.8) is 0 Å². The first kappa shape index (κ1) is 27.0. The molecule has 3 rings (SSSR count). The number of para-hydroxylation sites is 1. The van der Waals surface area contributed by atoms with Gasteiger partial charge < -0.3 is 24.7 Å². The average Bonchev–Trinajstić information content (AvgIpc) is 3.35. The van der Waals surface area contributed by atoms with Gasteiger partial charge in [-0.15, -0.1) is 0 Å². The van der Waals surface area contributed by atoms with Gasteiger partial charge in [0.2, 0.25) is 0 Å². The molecule has 7 heteroatoms. The van der Waals surface area contributed by atoms with Crippen molar-refractivity contribution in [2.75, 3.05) is 42.6 Å². The molecule has 0 atom stereocenters. The number of anilines is 2. The average molecular weight is 471 g/mol. The minimum absolute atomic E-state index is 0.528. The lowest BCUT2D eigenvalue weighted by Crippen LogP contribution is -2.30. The fourth-order valence-electron chi connectivity index (χ4n) is 3.93. The molecule has 0 saturated carbocycles. The molecule has 2 aromatic carbocycles. The Morgan fingerprint density at radius 1 is 0.971 bits per heavy atom. The predicted molar refractivity (Wildman–Crippen MR) is 136 cm³/mol. The molecule has 0 spiro atoms. The molecule has 0 aromatic heterocycles. The van der Waals surface area contributed by atoms with Crippen molar-refractivity contribution in [3.05, 3.63) is 54.1 Å². The van der Waals surface area contributed by atoms with Gasteiger partial charge in [0.05, 0.1) is 12.3 Å². The van der Waals surface area contributed by atoms with Crippen LogP contribution in [-0.4, -0.2) is 54.9 Å². The lowest BCUT2D eigenvalue weighted by atomic mass is 10.1. The van der Waals surface area contributed by atoms with Crippen LogP contribution in [0.1, 0.15) is 45.6 Å². The zero-order valence-electron chi connectivity index (χ0n) is 20.6. The van der Waals surface area contributed by atoms with Crippen LogP contribution in [0.2, 0.25) is 0 Å². The fraction of sp³-hybridized carbons (Fsp3) is 0.481. The number of rotatable bonds is 10. The van der Waals surface area contributed by atoms with Gasteiger partial charge >= 0.3 is 11.9 Å². The molecule has 1 saturated heterocycles. The third-order valence-electron chi connectivity index (χ3n) is 5.50. The summed E-state index contributed by atoms with van der Waals surface area (Å²) >= 11 is 0. The molecule has 0 bridgehead atoms. The van der Waals surface area contributed by atoms with Crippen molar-refractivity contribution in [2.45, 2.75) is 46.5 Å². The summed E-state index contributed by atoms with van der Waals surface area (Å²) < 4.78 is 6.27. The summed E-state index contributed by atoms with van der Waals surface area (Å²) in [6.45, 7) is 11.8. The van der Waals surface area contributed by atoms with Crippen LogP contribution in [-0.2, 0) is 16.0 Å². The number of carboxylic acids is 2. The Labute approximate surface area is 203 Å².